The van der Waals surface area contributed by atoms with Crippen LogP contribution in [0, 0.1) is 5.82 Å². The van der Waals surface area contributed by atoms with Gasteiger partial charge in [-0.3, -0.25) is 4.57 Å². The summed E-state index contributed by atoms with van der Waals surface area (Å²) in [4.78, 5) is 14.9. The Morgan fingerprint density at radius 1 is 1.60 bits per heavy atom. The lowest BCUT2D eigenvalue weighted by Gasteiger charge is -2.27. The maximum atomic E-state index is 13.4. The predicted octanol–water partition coefficient (Wildman–Crippen LogP) is -1.81. The van der Waals surface area contributed by atoms with Crippen LogP contribution in [0.15, 0.2) is 11.0 Å². The molecule has 112 valence electrons. The number of hydrogen-bond acceptors (Lipinski definition) is 7. The number of alkyl halides is 1. The first-order valence-electron chi connectivity index (χ1n) is 5.61. The normalized spacial score (nSPS) is 33.5. The van der Waals surface area contributed by atoms with E-state index in [1.807, 2.05) is 0 Å². The first-order valence-corrected chi connectivity index (χ1v) is 6.14. The van der Waals surface area contributed by atoms with Crippen molar-refractivity contribution in [2.24, 2.45) is 0 Å². The molecule has 1 saturated heterocycles. The van der Waals surface area contributed by atoms with E-state index in [2.05, 4.69) is 4.98 Å². The van der Waals surface area contributed by atoms with E-state index in [0.717, 1.165) is 0 Å². The summed E-state index contributed by atoms with van der Waals surface area (Å²) in [5, 5.41) is 29.0. The Labute approximate surface area is 117 Å². The fourth-order valence-corrected chi connectivity index (χ4v) is 2.30. The number of nitrogens with two attached hydrogens (primary N) is 1. The third-order valence-corrected chi connectivity index (χ3v) is 3.66. The highest BCUT2D eigenvalue weighted by atomic mass is 35.5. The summed E-state index contributed by atoms with van der Waals surface area (Å²) in [6.07, 6.45) is -3.88. The number of anilines is 1. The van der Waals surface area contributed by atoms with E-state index in [-0.39, 0.29) is 5.88 Å². The molecular weight excluding hydrogens is 297 g/mol. The molecule has 4 atom stereocenters. The minimum Gasteiger partial charge on any atom is -0.393 e. The average molecular weight is 310 g/mol. The first-order chi connectivity index (χ1) is 9.36. The molecule has 2 rings (SSSR count). The zero-order chi connectivity index (χ0) is 15.1. The molecule has 2 heterocycles. The third-order valence-electron chi connectivity index (χ3n) is 3.21. The Bertz CT molecular complexity index is 564. The van der Waals surface area contributed by atoms with Crippen molar-refractivity contribution in [3.05, 3.63) is 22.5 Å². The van der Waals surface area contributed by atoms with Gasteiger partial charge >= 0.3 is 5.69 Å². The molecule has 10 heteroatoms. The van der Waals surface area contributed by atoms with E-state index in [1.54, 1.807) is 0 Å². The van der Waals surface area contributed by atoms with Crippen LogP contribution < -0.4 is 11.4 Å². The van der Waals surface area contributed by atoms with Crippen molar-refractivity contribution in [3.8, 4) is 0 Å². The summed E-state index contributed by atoms with van der Waals surface area (Å²) in [7, 11) is 0. The number of rotatable bonds is 3. The van der Waals surface area contributed by atoms with Gasteiger partial charge in [0.1, 0.15) is 17.8 Å². The molecule has 0 amide bonds. The highest BCUT2D eigenvalue weighted by Gasteiger charge is 2.54. The molecule has 0 radical (unpaired) electrons. The molecule has 1 aromatic rings. The van der Waals surface area contributed by atoms with E-state index in [4.69, 9.17) is 22.1 Å². The minimum absolute atomic E-state index is 0.335. The maximum Gasteiger partial charge on any atom is 0.351 e. The van der Waals surface area contributed by atoms with Gasteiger partial charge in [0.25, 0.3) is 0 Å². The van der Waals surface area contributed by atoms with Gasteiger partial charge in [-0.05, 0) is 0 Å². The fraction of sp³-hybridized carbons (Fsp3) is 0.600. The summed E-state index contributed by atoms with van der Waals surface area (Å²) in [6.45, 7) is -0.690. The lowest BCUT2D eigenvalue weighted by atomic mass is 9.98. The topological polar surface area (TPSA) is 131 Å². The van der Waals surface area contributed by atoms with Crippen LogP contribution in [0.3, 0.4) is 0 Å². The van der Waals surface area contributed by atoms with E-state index in [1.165, 1.54) is 0 Å². The molecule has 1 aliphatic heterocycles. The third kappa shape index (κ3) is 2.17. The molecule has 0 spiro atoms. The molecule has 1 aliphatic rings. The van der Waals surface area contributed by atoms with Crippen LogP contribution in [0.2, 0.25) is 0 Å². The standard InChI is InChI=1S/C10H13ClFN3O5/c11-2-10(3-16)6(18)5(17)8(20-10)15-1-4(12)7(13)14-9(15)19/h1,5-6,8,16-18H,2-3H2,(H2,13,14,19)/t5-,6-,8+,10+/m0/s1. The van der Waals surface area contributed by atoms with Gasteiger partial charge in [-0.25, -0.2) is 9.18 Å². The van der Waals surface area contributed by atoms with Gasteiger partial charge in [-0.2, -0.15) is 4.98 Å². The van der Waals surface area contributed by atoms with Crippen molar-refractivity contribution in [3.63, 3.8) is 0 Å². The van der Waals surface area contributed by atoms with Gasteiger partial charge in [-0.15, -0.1) is 11.6 Å². The molecule has 8 nitrogen and oxygen atoms in total. The summed E-state index contributed by atoms with van der Waals surface area (Å²) in [6, 6.07) is 0. The van der Waals surface area contributed by atoms with E-state index < -0.39 is 48.0 Å². The molecule has 0 aromatic carbocycles. The van der Waals surface area contributed by atoms with Crippen LogP contribution in [0.4, 0.5) is 10.2 Å². The summed E-state index contributed by atoms with van der Waals surface area (Å²) < 4.78 is 19.3. The maximum absolute atomic E-state index is 13.4. The molecule has 0 aliphatic carbocycles. The van der Waals surface area contributed by atoms with Gasteiger partial charge in [0, 0.05) is 0 Å². The van der Waals surface area contributed by atoms with Crippen LogP contribution in [0.1, 0.15) is 6.23 Å². The molecule has 0 saturated carbocycles. The number of nitrogen functional groups attached to an aromatic ring is 1. The van der Waals surface area contributed by atoms with Gasteiger partial charge < -0.3 is 25.8 Å². The van der Waals surface area contributed by atoms with Gasteiger partial charge in [0.15, 0.2) is 17.9 Å². The molecule has 5 N–H and O–H groups in total. The van der Waals surface area contributed by atoms with Crippen LogP contribution in [-0.2, 0) is 4.74 Å². The second kappa shape index (κ2) is 5.26. The van der Waals surface area contributed by atoms with Crippen LogP contribution in [0.25, 0.3) is 0 Å². The largest absolute Gasteiger partial charge is 0.393 e. The Balaban J connectivity index is 2.45. The molecule has 20 heavy (non-hydrogen) atoms. The van der Waals surface area contributed by atoms with E-state index >= 15 is 0 Å². The monoisotopic (exact) mass is 309 g/mol. The highest BCUT2D eigenvalue weighted by Crippen LogP contribution is 2.37. The number of aliphatic hydroxyl groups is 3. The van der Waals surface area contributed by atoms with Crippen molar-refractivity contribution >= 4 is 17.4 Å². The predicted molar refractivity (Wildman–Crippen MR) is 65.5 cm³/mol. The number of halogens is 2. The smallest absolute Gasteiger partial charge is 0.351 e. The number of nitrogens with zero attached hydrogens (tertiary/aromatic N) is 2. The SMILES string of the molecule is Nc1nc(=O)n([C@@H]2O[C@@](CO)(CCl)[C@@H](O)[C@@H]2O)cc1F. The highest BCUT2D eigenvalue weighted by molar-refractivity contribution is 6.18. The van der Waals surface area contributed by atoms with Crippen molar-refractivity contribution in [2.45, 2.75) is 24.0 Å². The minimum atomic E-state index is -1.65. The van der Waals surface area contributed by atoms with Crippen molar-refractivity contribution in [2.75, 3.05) is 18.2 Å². The second-order valence-electron chi connectivity index (χ2n) is 4.46. The number of aromatic nitrogens is 2. The van der Waals surface area contributed by atoms with Crippen LogP contribution >= 0.6 is 11.6 Å². The van der Waals surface area contributed by atoms with Gasteiger partial charge in [0.05, 0.1) is 18.7 Å². The molecule has 0 bridgehead atoms. The Morgan fingerprint density at radius 3 is 2.75 bits per heavy atom. The number of hydrogen-bond donors (Lipinski definition) is 4. The summed E-state index contributed by atoms with van der Waals surface area (Å²) in [5.74, 6) is -1.91. The average Bonchev–Trinajstić information content (AvgIpc) is 2.68. The number of aliphatic hydroxyl groups excluding tert-OH is 3. The molecule has 0 unspecified atom stereocenters. The lowest BCUT2D eigenvalue weighted by Crippen LogP contribution is -2.47. The Morgan fingerprint density at radius 2 is 2.25 bits per heavy atom. The van der Waals surface area contributed by atoms with E-state index in [9.17, 15) is 24.5 Å². The molecule has 1 aromatic heterocycles. The van der Waals surface area contributed by atoms with Crippen LogP contribution in [-0.4, -0.2) is 55.2 Å². The lowest BCUT2D eigenvalue weighted by molar-refractivity contribution is -0.115. The van der Waals surface area contributed by atoms with E-state index in [0.29, 0.717) is 10.8 Å². The fourth-order valence-electron chi connectivity index (χ4n) is 1.99. The Kier molecular flexibility index (Phi) is 3.98. The van der Waals surface area contributed by atoms with Gasteiger partial charge in [0.2, 0.25) is 0 Å². The van der Waals surface area contributed by atoms with Crippen molar-refractivity contribution in [1.29, 1.82) is 0 Å². The van der Waals surface area contributed by atoms with Crippen LogP contribution in [0.5, 0.6) is 0 Å². The quantitative estimate of drug-likeness (QED) is 0.484. The van der Waals surface area contributed by atoms with Crippen molar-refractivity contribution in [1.82, 2.24) is 9.55 Å². The molecular formula is C10H13ClFN3O5. The second-order valence-corrected chi connectivity index (χ2v) is 4.73. The summed E-state index contributed by atoms with van der Waals surface area (Å²) >= 11 is 5.62. The van der Waals surface area contributed by atoms with Crippen molar-refractivity contribution < 1.29 is 24.4 Å². The van der Waals surface area contributed by atoms with Gasteiger partial charge in [-0.1, -0.05) is 0 Å². The first kappa shape index (κ1) is 15.1. The molecule has 1 fully saturated rings. The zero-order valence-electron chi connectivity index (χ0n) is 10.1. The Hall–Kier alpha value is -1.26. The number of ether oxygens (including phenoxy) is 1. The zero-order valence-corrected chi connectivity index (χ0v) is 10.9. The summed E-state index contributed by atoms with van der Waals surface area (Å²) in [5.41, 5.74) is 2.52.